The first kappa shape index (κ1) is 33.8. The summed E-state index contributed by atoms with van der Waals surface area (Å²) in [5, 5.41) is 0. The van der Waals surface area contributed by atoms with Crippen LogP contribution in [0.5, 0.6) is 0 Å². The standard InChI is InChI=1S/C12H16O.3BF4.K.H/c1-2-4-12(5-3-1)10-13-9-8-11-6-7-11;3*2-1(3,4)5;;/h1-5,11H,6-10H2;;;;;/q;3*-1;;. The maximum Gasteiger partial charge on any atom is 0.0716 e. The minimum Gasteiger partial charge on any atom is -0.377 e. The molecule has 0 spiro atoms. The van der Waals surface area contributed by atoms with Crippen LogP contribution in [0.2, 0.25) is 0 Å². The predicted octanol–water partition coefficient (Wildman–Crippen LogP) is 6.25. The van der Waals surface area contributed by atoms with Crippen LogP contribution in [0.15, 0.2) is 30.3 Å². The van der Waals surface area contributed by atoms with Crippen molar-refractivity contribution in [2.75, 3.05) is 6.61 Å². The summed E-state index contributed by atoms with van der Waals surface area (Å²) < 4.78 is 123. The van der Waals surface area contributed by atoms with E-state index in [9.17, 15) is 51.8 Å². The average molecular weight is 477 g/mol. The van der Waals surface area contributed by atoms with Crippen molar-refractivity contribution in [3.05, 3.63) is 35.9 Å². The second kappa shape index (κ2) is 16.8. The van der Waals surface area contributed by atoms with Crippen molar-refractivity contribution in [3.8, 4) is 0 Å². The molecule has 0 heterocycles. The Bertz CT molecular complexity index is 447. The molecule has 0 aliphatic heterocycles. The van der Waals surface area contributed by atoms with Crippen molar-refractivity contribution in [2.45, 2.75) is 25.9 Å². The fourth-order valence-electron chi connectivity index (χ4n) is 1.42. The molecule has 0 saturated heterocycles. The van der Waals surface area contributed by atoms with E-state index in [1.807, 2.05) is 6.07 Å². The van der Waals surface area contributed by atoms with Gasteiger partial charge in [-0.05, 0) is 17.9 Å². The van der Waals surface area contributed by atoms with E-state index in [-0.39, 0.29) is 51.4 Å². The quantitative estimate of drug-likeness (QED) is 0.277. The van der Waals surface area contributed by atoms with Gasteiger partial charge in [0.2, 0.25) is 0 Å². The van der Waals surface area contributed by atoms with E-state index in [1.54, 1.807) is 0 Å². The average Bonchev–Trinajstić information content (AvgIpc) is 3.23. The van der Waals surface area contributed by atoms with Gasteiger partial charge in [0.15, 0.2) is 0 Å². The largest absolute Gasteiger partial charge is 0.377 e. The molecule has 1 aliphatic rings. The zero-order valence-corrected chi connectivity index (χ0v) is 14.2. The molecule has 17 heteroatoms. The Kier molecular flexibility index (Phi) is 19.6. The van der Waals surface area contributed by atoms with E-state index in [1.165, 1.54) is 24.8 Å². The summed E-state index contributed by atoms with van der Waals surface area (Å²) in [5.74, 6) is 0.982. The van der Waals surface area contributed by atoms with Gasteiger partial charge < -0.3 is 56.5 Å². The van der Waals surface area contributed by atoms with E-state index >= 15 is 0 Å². The number of rotatable bonds is 5. The Morgan fingerprint density at radius 1 is 0.690 bits per heavy atom. The van der Waals surface area contributed by atoms with Crippen molar-refractivity contribution in [1.29, 1.82) is 0 Å². The van der Waals surface area contributed by atoms with Gasteiger partial charge in [-0.15, -0.1) is 0 Å². The van der Waals surface area contributed by atoms with Crippen LogP contribution >= 0.6 is 0 Å². The van der Waals surface area contributed by atoms with Crippen LogP contribution in [0.4, 0.5) is 51.8 Å². The van der Waals surface area contributed by atoms with Gasteiger partial charge in [-0.2, -0.15) is 0 Å². The van der Waals surface area contributed by atoms with Crippen LogP contribution in [0.1, 0.15) is 24.8 Å². The minimum absolute atomic E-state index is 0. The van der Waals surface area contributed by atoms with Crippen LogP contribution < -0.4 is 0 Å². The van der Waals surface area contributed by atoms with Crippen LogP contribution in [-0.2, 0) is 11.3 Å². The Hall–Kier alpha value is 0.171. The molecule has 0 unspecified atom stereocenters. The third-order valence-electron chi connectivity index (χ3n) is 2.48. The molecule has 0 atom stereocenters. The van der Waals surface area contributed by atoms with Gasteiger partial charge in [-0.1, -0.05) is 43.2 Å². The molecule has 0 N–H and O–H groups in total. The molecule has 1 saturated carbocycles. The monoisotopic (exact) mass is 477 g/mol. The van der Waals surface area contributed by atoms with Gasteiger partial charge in [-0.3, -0.25) is 0 Å². The number of hydrogen-bond acceptors (Lipinski definition) is 1. The summed E-state index contributed by atoms with van der Waals surface area (Å²) in [6.45, 7) is 1.70. The summed E-state index contributed by atoms with van der Waals surface area (Å²) in [5.41, 5.74) is 1.28. The molecule has 168 valence electrons. The molecule has 29 heavy (non-hydrogen) atoms. The Balaban J connectivity index is -0.000000357. The van der Waals surface area contributed by atoms with E-state index < -0.39 is 21.8 Å². The number of benzene rings is 1. The normalized spacial score (nSPS) is 13.4. The molecular formula is C12H17B3F12KO-3. The third kappa shape index (κ3) is 58.4. The molecule has 0 radical (unpaired) electrons. The second-order valence-electron chi connectivity index (χ2n) is 5.25. The van der Waals surface area contributed by atoms with Gasteiger partial charge >= 0.3 is 73.1 Å². The van der Waals surface area contributed by atoms with Crippen molar-refractivity contribution >= 4 is 73.1 Å². The summed E-state index contributed by atoms with van der Waals surface area (Å²) in [6.07, 6.45) is 4.11. The van der Waals surface area contributed by atoms with Gasteiger partial charge in [0.1, 0.15) is 0 Å². The van der Waals surface area contributed by atoms with Crippen molar-refractivity contribution in [3.63, 3.8) is 0 Å². The third-order valence-corrected chi connectivity index (χ3v) is 2.48. The first-order valence-electron chi connectivity index (χ1n) is 7.68. The Labute approximate surface area is 202 Å². The molecule has 0 bridgehead atoms. The molecule has 0 amide bonds. The molecular weight excluding hydrogens is 460 g/mol. The van der Waals surface area contributed by atoms with E-state index in [4.69, 9.17) is 4.74 Å². The predicted molar refractivity (Wildman–Crippen MR) is 91.1 cm³/mol. The van der Waals surface area contributed by atoms with Crippen molar-refractivity contribution in [1.82, 2.24) is 0 Å². The maximum absolute atomic E-state index is 9.75. The second-order valence-corrected chi connectivity index (χ2v) is 5.25. The topological polar surface area (TPSA) is 9.23 Å². The molecule has 2 rings (SSSR count). The van der Waals surface area contributed by atoms with E-state index in [0.29, 0.717) is 0 Å². The zero-order chi connectivity index (χ0) is 22.4. The summed E-state index contributed by atoms with van der Waals surface area (Å²) in [4.78, 5) is 0. The first-order valence-corrected chi connectivity index (χ1v) is 7.68. The summed E-state index contributed by atoms with van der Waals surface area (Å²) in [6, 6.07) is 10.4. The van der Waals surface area contributed by atoms with Crippen LogP contribution in [-0.4, -0.2) is 79.8 Å². The van der Waals surface area contributed by atoms with Crippen molar-refractivity contribution in [2.24, 2.45) is 5.92 Å². The number of hydrogen-bond donors (Lipinski definition) is 0. The first-order chi connectivity index (χ1) is 12.4. The molecule has 1 aromatic rings. The molecule has 1 fully saturated rings. The van der Waals surface area contributed by atoms with Crippen molar-refractivity contribution < 1.29 is 56.5 Å². The van der Waals surface area contributed by atoms with Crippen LogP contribution in [0.3, 0.4) is 0 Å². The molecule has 1 nitrogen and oxygen atoms in total. The summed E-state index contributed by atoms with van der Waals surface area (Å²) >= 11 is 0. The van der Waals surface area contributed by atoms with Crippen LogP contribution in [0, 0.1) is 5.92 Å². The number of ether oxygens (including phenoxy) is 1. The van der Waals surface area contributed by atoms with E-state index in [2.05, 4.69) is 24.3 Å². The SMILES string of the molecule is F[B-](F)(F)F.F[B-](F)(F)F.F[B-](F)(F)F.[KH].c1ccc(COCCC2CC2)cc1. The zero-order valence-electron chi connectivity index (χ0n) is 14.2. The fraction of sp³-hybridized carbons (Fsp3) is 0.500. The van der Waals surface area contributed by atoms with Gasteiger partial charge in [-0.25, -0.2) is 0 Å². The number of halogens is 12. The molecule has 1 aliphatic carbocycles. The van der Waals surface area contributed by atoms with Gasteiger partial charge in [0.05, 0.1) is 6.61 Å². The smallest absolute Gasteiger partial charge is 0.0716 e. The minimum atomic E-state index is -6.00. The summed E-state index contributed by atoms with van der Waals surface area (Å²) in [7, 11) is -18.0. The molecule has 0 aromatic heterocycles. The fourth-order valence-corrected chi connectivity index (χ4v) is 1.42. The van der Waals surface area contributed by atoms with Gasteiger partial charge in [0, 0.05) is 6.61 Å². The Morgan fingerprint density at radius 2 is 1.03 bits per heavy atom. The van der Waals surface area contributed by atoms with Crippen LogP contribution in [0.25, 0.3) is 0 Å². The van der Waals surface area contributed by atoms with E-state index in [0.717, 1.165) is 19.1 Å². The maximum atomic E-state index is 9.75. The van der Waals surface area contributed by atoms with Gasteiger partial charge in [0.25, 0.3) is 0 Å². The molecule has 1 aromatic carbocycles. The Morgan fingerprint density at radius 3 is 1.34 bits per heavy atom.